The van der Waals surface area contributed by atoms with Crippen LogP contribution in [0.3, 0.4) is 0 Å². The van der Waals surface area contributed by atoms with E-state index in [9.17, 15) is 18.0 Å². The first-order chi connectivity index (χ1) is 10.8. The van der Waals surface area contributed by atoms with Gasteiger partial charge < -0.3 is 10.0 Å². The molecule has 1 rings (SSSR count). The molecule has 0 aliphatic rings. The van der Waals surface area contributed by atoms with E-state index in [1.807, 2.05) is 0 Å². The van der Waals surface area contributed by atoms with E-state index in [2.05, 4.69) is 10.6 Å². The predicted octanol–water partition coefficient (Wildman–Crippen LogP) is 0.535. The number of terminal acetylenes is 1. The summed E-state index contributed by atoms with van der Waals surface area (Å²) in [6, 6.07) is 5.44. The minimum absolute atomic E-state index is 0.0119. The minimum Gasteiger partial charge on any atom is -0.481 e. The number of hydrogen-bond donors (Lipinski definition) is 2. The van der Waals surface area contributed by atoms with Crippen LogP contribution in [-0.4, -0.2) is 50.4 Å². The number of amides is 1. The number of nitrogens with zero attached hydrogens (tertiary/aromatic N) is 1. The molecule has 0 atom stereocenters. The van der Waals surface area contributed by atoms with E-state index in [0.717, 1.165) is 0 Å². The van der Waals surface area contributed by atoms with E-state index in [-0.39, 0.29) is 23.8 Å². The zero-order valence-corrected chi connectivity index (χ0v) is 13.5. The lowest BCUT2D eigenvalue weighted by Crippen LogP contribution is -2.28. The van der Waals surface area contributed by atoms with Crippen LogP contribution in [0.4, 0.5) is 0 Å². The minimum atomic E-state index is -3.69. The molecule has 0 spiro atoms. The van der Waals surface area contributed by atoms with Gasteiger partial charge in [0, 0.05) is 25.6 Å². The molecule has 0 aliphatic carbocycles. The van der Waals surface area contributed by atoms with Crippen LogP contribution >= 0.6 is 0 Å². The number of benzene rings is 1. The van der Waals surface area contributed by atoms with Gasteiger partial charge in [-0.2, -0.15) is 4.72 Å². The number of carbonyl (C=O) groups is 2. The van der Waals surface area contributed by atoms with Crippen LogP contribution in [0.2, 0.25) is 0 Å². The van der Waals surface area contributed by atoms with Gasteiger partial charge in [0.05, 0.1) is 11.4 Å². The highest BCUT2D eigenvalue weighted by Gasteiger charge is 2.16. The molecule has 0 radical (unpaired) electrons. The largest absolute Gasteiger partial charge is 0.481 e. The Morgan fingerprint density at radius 1 is 1.30 bits per heavy atom. The van der Waals surface area contributed by atoms with Gasteiger partial charge in [0.2, 0.25) is 10.0 Å². The summed E-state index contributed by atoms with van der Waals surface area (Å²) in [4.78, 5) is 24.0. The topological polar surface area (TPSA) is 104 Å². The van der Waals surface area contributed by atoms with Gasteiger partial charge in [-0.25, -0.2) is 8.42 Å². The fraction of sp³-hybridized carbons (Fsp3) is 0.333. The summed E-state index contributed by atoms with van der Waals surface area (Å²) in [6.45, 7) is 0.185. The van der Waals surface area contributed by atoms with Crippen molar-refractivity contribution in [3.05, 3.63) is 29.8 Å². The molecule has 0 bridgehead atoms. The number of carboxylic acids is 1. The van der Waals surface area contributed by atoms with Crippen molar-refractivity contribution in [2.45, 2.75) is 17.7 Å². The van der Waals surface area contributed by atoms with Gasteiger partial charge in [0.25, 0.3) is 5.91 Å². The fourth-order valence-corrected chi connectivity index (χ4v) is 2.72. The molecule has 124 valence electrons. The number of aliphatic carboxylic acids is 1. The number of sulfonamides is 1. The molecule has 1 aromatic carbocycles. The molecule has 1 aromatic rings. The monoisotopic (exact) mass is 338 g/mol. The maximum atomic E-state index is 12.1. The van der Waals surface area contributed by atoms with E-state index in [1.165, 1.54) is 29.2 Å². The molecule has 2 N–H and O–H groups in total. The number of nitrogens with one attached hydrogen (secondary N) is 1. The lowest BCUT2D eigenvalue weighted by atomic mass is 10.2. The van der Waals surface area contributed by atoms with Crippen molar-refractivity contribution in [1.82, 2.24) is 9.62 Å². The molecule has 7 nitrogen and oxygen atoms in total. The summed E-state index contributed by atoms with van der Waals surface area (Å²) in [5.41, 5.74) is 0.318. The zero-order valence-electron chi connectivity index (χ0n) is 12.7. The molecule has 8 heteroatoms. The van der Waals surface area contributed by atoms with Crippen molar-refractivity contribution in [3.8, 4) is 12.3 Å². The maximum absolute atomic E-state index is 12.1. The van der Waals surface area contributed by atoms with Crippen LogP contribution in [-0.2, 0) is 14.8 Å². The predicted molar refractivity (Wildman–Crippen MR) is 84.3 cm³/mol. The number of hydrogen-bond acceptors (Lipinski definition) is 4. The summed E-state index contributed by atoms with van der Waals surface area (Å²) >= 11 is 0. The van der Waals surface area contributed by atoms with Gasteiger partial charge >= 0.3 is 5.97 Å². The first-order valence-electron chi connectivity index (χ1n) is 6.78. The lowest BCUT2D eigenvalue weighted by molar-refractivity contribution is -0.137. The summed E-state index contributed by atoms with van der Waals surface area (Å²) in [6.07, 6.45) is 5.33. The van der Waals surface area contributed by atoms with Crippen molar-refractivity contribution >= 4 is 21.9 Å². The van der Waals surface area contributed by atoms with Crippen LogP contribution in [0, 0.1) is 12.3 Å². The highest BCUT2D eigenvalue weighted by molar-refractivity contribution is 7.89. The number of carbonyl (C=O) groups excluding carboxylic acids is 1. The average molecular weight is 338 g/mol. The van der Waals surface area contributed by atoms with E-state index in [0.29, 0.717) is 18.5 Å². The molecule has 0 unspecified atom stereocenters. The molecule has 0 saturated carbocycles. The maximum Gasteiger partial charge on any atom is 0.303 e. The van der Waals surface area contributed by atoms with E-state index in [4.69, 9.17) is 11.5 Å². The Balaban J connectivity index is 2.74. The molecule has 0 aliphatic heterocycles. The molecule has 0 heterocycles. The highest BCUT2D eigenvalue weighted by atomic mass is 32.2. The van der Waals surface area contributed by atoms with Gasteiger partial charge in [-0.05, 0) is 30.7 Å². The second kappa shape index (κ2) is 8.31. The Labute approximate surface area is 135 Å². The Bertz CT molecular complexity index is 704. The average Bonchev–Trinajstić information content (AvgIpc) is 2.52. The Kier molecular flexibility index (Phi) is 6.75. The third kappa shape index (κ3) is 5.73. The van der Waals surface area contributed by atoms with E-state index >= 15 is 0 Å². The second-order valence-electron chi connectivity index (χ2n) is 4.78. The smallest absolute Gasteiger partial charge is 0.303 e. The van der Waals surface area contributed by atoms with Crippen molar-refractivity contribution in [2.75, 3.05) is 20.1 Å². The van der Waals surface area contributed by atoms with Crippen molar-refractivity contribution in [2.24, 2.45) is 0 Å². The zero-order chi connectivity index (χ0) is 17.5. The standard InChI is InChI=1S/C15H18N2O5S/c1-3-10-16-23(21,22)13-8-6-12(7-9-13)15(20)17(2)11-4-5-14(18)19/h1,6-9,16H,4-5,10-11H2,2H3,(H,18,19). The lowest BCUT2D eigenvalue weighted by Gasteiger charge is -2.16. The molecule has 1 amide bonds. The van der Waals surface area contributed by atoms with Crippen LogP contribution in [0.25, 0.3) is 0 Å². The summed E-state index contributed by atoms with van der Waals surface area (Å²) < 4.78 is 25.9. The number of rotatable bonds is 8. The van der Waals surface area contributed by atoms with Crippen LogP contribution in [0.5, 0.6) is 0 Å². The molecular formula is C15H18N2O5S. The van der Waals surface area contributed by atoms with Gasteiger partial charge in [0.15, 0.2) is 0 Å². The van der Waals surface area contributed by atoms with Crippen LogP contribution < -0.4 is 4.72 Å². The number of carboxylic acid groups (broad SMARTS) is 1. The third-order valence-corrected chi connectivity index (χ3v) is 4.42. The first kappa shape index (κ1) is 18.7. The quantitative estimate of drug-likeness (QED) is 0.673. The molecular weight excluding hydrogens is 320 g/mol. The molecule has 0 fully saturated rings. The van der Waals surface area contributed by atoms with E-state index < -0.39 is 16.0 Å². The Morgan fingerprint density at radius 2 is 1.91 bits per heavy atom. The highest BCUT2D eigenvalue weighted by Crippen LogP contribution is 2.12. The third-order valence-electron chi connectivity index (χ3n) is 3.01. The molecule has 0 aromatic heterocycles. The first-order valence-corrected chi connectivity index (χ1v) is 8.26. The Morgan fingerprint density at radius 3 is 2.43 bits per heavy atom. The second-order valence-corrected chi connectivity index (χ2v) is 6.54. The van der Waals surface area contributed by atoms with Gasteiger partial charge in [0.1, 0.15) is 0 Å². The SMILES string of the molecule is C#CCNS(=O)(=O)c1ccc(C(=O)N(C)CCCC(=O)O)cc1. The summed E-state index contributed by atoms with van der Waals surface area (Å²) in [5.74, 6) is 0.947. The fourth-order valence-electron chi connectivity index (χ4n) is 1.79. The molecule has 0 saturated heterocycles. The Hall–Kier alpha value is -2.37. The summed E-state index contributed by atoms with van der Waals surface area (Å²) in [5, 5.41) is 8.57. The van der Waals surface area contributed by atoms with E-state index in [1.54, 1.807) is 7.05 Å². The van der Waals surface area contributed by atoms with Gasteiger partial charge in [-0.3, -0.25) is 9.59 Å². The van der Waals surface area contributed by atoms with Gasteiger partial charge in [-0.1, -0.05) is 5.92 Å². The van der Waals surface area contributed by atoms with Gasteiger partial charge in [-0.15, -0.1) is 6.42 Å². The molecule has 23 heavy (non-hydrogen) atoms. The normalized spacial score (nSPS) is 10.8. The van der Waals surface area contributed by atoms with Crippen LogP contribution in [0.1, 0.15) is 23.2 Å². The summed E-state index contributed by atoms with van der Waals surface area (Å²) in [7, 11) is -2.13. The van der Waals surface area contributed by atoms with Crippen LogP contribution in [0.15, 0.2) is 29.2 Å². The van der Waals surface area contributed by atoms with Crippen molar-refractivity contribution < 1.29 is 23.1 Å². The van der Waals surface area contributed by atoms with Crippen molar-refractivity contribution in [1.29, 1.82) is 0 Å². The van der Waals surface area contributed by atoms with Crippen molar-refractivity contribution in [3.63, 3.8) is 0 Å².